The van der Waals surface area contributed by atoms with Crippen molar-refractivity contribution in [3.05, 3.63) is 23.2 Å². The van der Waals surface area contributed by atoms with E-state index in [1.165, 1.54) is 0 Å². The highest BCUT2D eigenvalue weighted by Crippen LogP contribution is 2.18. The Bertz CT molecular complexity index is 254. The number of halogens is 3. The minimum atomic E-state index is -2.84. The van der Waals surface area contributed by atoms with Crippen molar-refractivity contribution in [1.29, 1.82) is 0 Å². The van der Waals surface area contributed by atoms with E-state index in [2.05, 4.69) is 9.97 Å². The van der Waals surface area contributed by atoms with E-state index < -0.39 is 12.5 Å². The van der Waals surface area contributed by atoms with Gasteiger partial charge >= 0.3 is 0 Å². The van der Waals surface area contributed by atoms with Gasteiger partial charge in [-0.1, -0.05) is 0 Å². The summed E-state index contributed by atoms with van der Waals surface area (Å²) in [7, 11) is 0. The lowest BCUT2D eigenvalue weighted by atomic mass is 10.2. The van der Waals surface area contributed by atoms with Gasteiger partial charge in [-0.2, -0.15) is 0 Å². The first-order chi connectivity index (χ1) is 5.61. The van der Waals surface area contributed by atoms with Crippen LogP contribution in [0.2, 0.25) is 5.28 Å². The molecule has 3 nitrogen and oxygen atoms in total. The molecule has 0 fully saturated rings. The molecule has 0 aliphatic carbocycles. The molecule has 0 amide bonds. The quantitative estimate of drug-likeness (QED) is 0.725. The van der Waals surface area contributed by atoms with Crippen LogP contribution in [0.1, 0.15) is 11.7 Å². The Morgan fingerprint density at radius 2 is 1.83 bits per heavy atom. The largest absolute Gasteiger partial charge is 0.382 e. The molecule has 1 heterocycles. The molecule has 1 aromatic heterocycles. The summed E-state index contributed by atoms with van der Waals surface area (Å²) in [5, 5.41) is 8.77. The molecular formula is C6H5ClF2N2O. The standard InChI is InChI=1S/C6H5ClF2N2O/c7-6-10-1-3(2-11-6)4(12)5(8)9/h1-2,4-5,12H. The van der Waals surface area contributed by atoms with Crippen LogP contribution in [-0.2, 0) is 0 Å². The maximum Gasteiger partial charge on any atom is 0.268 e. The lowest BCUT2D eigenvalue weighted by molar-refractivity contribution is -0.00616. The van der Waals surface area contributed by atoms with Gasteiger partial charge in [-0.3, -0.25) is 0 Å². The first-order valence-corrected chi connectivity index (χ1v) is 3.42. The van der Waals surface area contributed by atoms with Gasteiger partial charge in [0.2, 0.25) is 5.28 Å². The number of hydrogen-bond donors (Lipinski definition) is 1. The molecule has 0 aliphatic heterocycles. The Morgan fingerprint density at radius 3 is 2.25 bits per heavy atom. The third-order valence-corrected chi connectivity index (χ3v) is 1.42. The minimum absolute atomic E-state index is 0.0415. The molecule has 66 valence electrons. The smallest absolute Gasteiger partial charge is 0.268 e. The normalized spacial score (nSPS) is 13.4. The molecule has 6 heteroatoms. The average molecular weight is 195 g/mol. The number of alkyl halides is 2. The average Bonchev–Trinajstić information content (AvgIpc) is 2.04. The van der Waals surface area contributed by atoms with Crippen molar-refractivity contribution in [1.82, 2.24) is 9.97 Å². The van der Waals surface area contributed by atoms with Gasteiger partial charge in [0.15, 0.2) is 0 Å². The van der Waals surface area contributed by atoms with Crippen LogP contribution in [0.3, 0.4) is 0 Å². The summed E-state index contributed by atoms with van der Waals surface area (Å²) < 4.78 is 23.8. The van der Waals surface area contributed by atoms with E-state index in [9.17, 15) is 8.78 Å². The molecule has 1 rings (SSSR count). The van der Waals surface area contributed by atoms with E-state index >= 15 is 0 Å². The van der Waals surface area contributed by atoms with Crippen molar-refractivity contribution in [2.45, 2.75) is 12.5 Å². The summed E-state index contributed by atoms with van der Waals surface area (Å²) in [6, 6.07) is 0. The third-order valence-electron chi connectivity index (χ3n) is 1.22. The number of aromatic nitrogens is 2. The van der Waals surface area contributed by atoms with E-state index in [0.29, 0.717) is 0 Å². The summed E-state index contributed by atoms with van der Waals surface area (Å²) >= 11 is 5.30. The summed E-state index contributed by atoms with van der Waals surface area (Å²) in [5.74, 6) is 0. The van der Waals surface area contributed by atoms with E-state index in [1.807, 2.05) is 0 Å². The van der Waals surface area contributed by atoms with Gasteiger partial charge < -0.3 is 5.11 Å². The lowest BCUT2D eigenvalue weighted by Gasteiger charge is -2.07. The molecule has 1 N–H and O–H groups in total. The first kappa shape index (κ1) is 9.28. The lowest BCUT2D eigenvalue weighted by Crippen LogP contribution is -2.08. The molecule has 0 aliphatic rings. The predicted octanol–water partition coefficient (Wildman–Crippen LogP) is 1.43. The van der Waals surface area contributed by atoms with Gasteiger partial charge in [0.05, 0.1) is 0 Å². The molecule has 0 bridgehead atoms. The van der Waals surface area contributed by atoms with Crippen molar-refractivity contribution < 1.29 is 13.9 Å². The van der Waals surface area contributed by atoms with Crippen molar-refractivity contribution >= 4 is 11.6 Å². The molecule has 0 saturated heterocycles. The fraction of sp³-hybridized carbons (Fsp3) is 0.333. The van der Waals surface area contributed by atoms with Gasteiger partial charge in [-0.05, 0) is 11.6 Å². The maximum absolute atomic E-state index is 11.9. The zero-order valence-electron chi connectivity index (χ0n) is 5.78. The molecular weight excluding hydrogens is 190 g/mol. The summed E-state index contributed by atoms with van der Waals surface area (Å²) in [6.45, 7) is 0. The highest BCUT2D eigenvalue weighted by Gasteiger charge is 2.19. The first-order valence-electron chi connectivity index (χ1n) is 3.05. The van der Waals surface area contributed by atoms with Gasteiger partial charge in [0.25, 0.3) is 6.43 Å². The molecule has 1 unspecified atom stereocenters. The SMILES string of the molecule is OC(c1cnc(Cl)nc1)C(F)F. The number of aliphatic hydroxyl groups is 1. The monoisotopic (exact) mass is 194 g/mol. The van der Waals surface area contributed by atoms with E-state index in [-0.39, 0.29) is 10.8 Å². The number of aliphatic hydroxyl groups excluding tert-OH is 1. The second-order valence-electron chi connectivity index (χ2n) is 2.06. The van der Waals surface area contributed by atoms with Gasteiger partial charge in [-0.25, -0.2) is 18.7 Å². The maximum atomic E-state index is 11.9. The number of nitrogens with zero attached hydrogens (tertiary/aromatic N) is 2. The van der Waals surface area contributed by atoms with Crippen LogP contribution in [0.4, 0.5) is 8.78 Å². The topological polar surface area (TPSA) is 46.0 Å². The Kier molecular flexibility index (Phi) is 2.88. The second-order valence-corrected chi connectivity index (χ2v) is 2.40. The summed E-state index contributed by atoms with van der Waals surface area (Å²) in [5.41, 5.74) is -0.0469. The van der Waals surface area contributed by atoms with Crippen molar-refractivity contribution in [2.24, 2.45) is 0 Å². The second kappa shape index (κ2) is 3.73. The Balaban J connectivity index is 2.82. The highest BCUT2D eigenvalue weighted by atomic mass is 35.5. The van der Waals surface area contributed by atoms with Crippen LogP contribution < -0.4 is 0 Å². The number of hydrogen-bond acceptors (Lipinski definition) is 3. The zero-order chi connectivity index (χ0) is 9.14. The number of rotatable bonds is 2. The van der Waals surface area contributed by atoms with Crippen molar-refractivity contribution in [3.63, 3.8) is 0 Å². The minimum Gasteiger partial charge on any atom is -0.382 e. The summed E-state index contributed by atoms with van der Waals surface area (Å²) in [4.78, 5) is 6.89. The van der Waals surface area contributed by atoms with Crippen LogP contribution in [0.15, 0.2) is 12.4 Å². The van der Waals surface area contributed by atoms with Crippen molar-refractivity contribution in [2.75, 3.05) is 0 Å². The van der Waals surface area contributed by atoms with Crippen LogP contribution in [0.25, 0.3) is 0 Å². The fourth-order valence-electron chi connectivity index (χ4n) is 0.620. The molecule has 0 radical (unpaired) electrons. The van der Waals surface area contributed by atoms with E-state index in [1.54, 1.807) is 0 Å². The van der Waals surface area contributed by atoms with Gasteiger partial charge in [0, 0.05) is 18.0 Å². The van der Waals surface area contributed by atoms with Crippen molar-refractivity contribution in [3.8, 4) is 0 Å². The fourth-order valence-corrected chi connectivity index (χ4v) is 0.718. The molecule has 1 atom stereocenters. The Labute approximate surface area is 72.0 Å². The van der Waals surface area contributed by atoms with Gasteiger partial charge in [-0.15, -0.1) is 0 Å². The van der Waals surface area contributed by atoms with Crippen LogP contribution in [0.5, 0.6) is 0 Å². The Morgan fingerprint density at radius 1 is 1.33 bits per heavy atom. The molecule has 1 aromatic rings. The third kappa shape index (κ3) is 2.09. The summed E-state index contributed by atoms with van der Waals surface area (Å²) in [6.07, 6.45) is -2.56. The highest BCUT2D eigenvalue weighted by molar-refractivity contribution is 6.28. The van der Waals surface area contributed by atoms with Crippen LogP contribution in [-0.4, -0.2) is 21.5 Å². The molecule has 12 heavy (non-hydrogen) atoms. The molecule has 0 aromatic carbocycles. The van der Waals surface area contributed by atoms with E-state index in [0.717, 1.165) is 12.4 Å². The van der Waals surface area contributed by atoms with Crippen LogP contribution in [0, 0.1) is 0 Å². The molecule has 0 saturated carbocycles. The zero-order valence-corrected chi connectivity index (χ0v) is 6.54. The predicted molar refractivity (Wildman–Crippen MR) is 38.0 cm³/mol. The van der Waals surface area contributed by atoms with E-state index in [4.69, 9.17) is 16.7 Å². The molecule has 0 spiro atoms. The Hall–Kier alpha value is -0.810. The van der Waals surface area contributed by atoms with Gasteiger partial charge in [0.1, 0.15) is 6.10 Å². The van der Waals surface area contributed by atoms with Crippen LogP contribution >= 0.6 is 11.6 Å².